The summed E-state index contributed by atoms with van der Waals surface area (Å²) in [4.78, 5) is 1.66. The van der Waals surface area contributed by atoms with E-state index in [1.807, 2.05) is 0 Å². The Labute approximate surface area is 319 Å². The molecule has 0 amide bonds. The molecule has 5 aromatic carbocycles. The third-order valence-electron chi connectivity index (χ3n) is 9.65. The molecule has 0 aliphatic heterocycles. The van der Waals surface area contributed by atoms with Crippen LogP contribution < -0.4 is 26.8 Å². The topological polar surface area (TPSA) is 4.44 Å². The molecule has 1 N–H and O–H groups in total. The van der Waals surface area contributed by atoms with Crippen LogP contribution in [0.3, 0.4) is 0 Å². The van der Waals surface area contributed by atoms with E-state index in [0.29, 0.717) is 0 Å². The number of quaternary nitrogens is 1. The van der Waals surface area contributed by atoms with Crippen molar-refractivity contribution in [1.82, 2.24) is 0 Å². The van der Waals surface area contributed by atoms with Crippen molar-refractivity contribution in [3.05, 3.63) is 152 Å². The van der Waals surface area contributed by atoms with Crippen LogP contribution >= 0.6 is 0 Å². The summed E-state index contributed by atoms with van der Waals surface area (Å²) in [5.74, 6) is -71.4. The first-order valence-electron chi connectivity index (χ1n) is 16.7. The van der Waals surface area contributed by atoms with Gasteiger partial charge in [-0.3, -0.25) is 0 Å². The van der Waals surface area contributed by atoms with Gasteiger partial charge in [0.15, 0.2) is 69.8 Å². The predicted molar refractivity (Wildman–Crippen MR) is 171 cm³/mol. The molecule has 0 aliphatic carbocycles. The van der Waals surface area contributed by atoms with E-state index in [9.17, 15) is 52.7 Å². The van der Waals surface area contributed by atoms with Gasteiger partial charge in [-0.1, -0.05) is 31.2 Å². The molecule has 0 saturated heterocycles. The van der Waals surface area contributed by atoms with Crippen LogP contribution in [0.1, 0.15) is 31.9 Å². The second-order valence-corrected chi connectivity index (χ2v) is 12.6. The van der Waals surface area contributed by atoms with Crippen LogP contribution in [0.5, 0.6) is 0 Å². The fourth-order valence-corrected chi connectivity index (χ4v) is 6.72. The lowest BCUT2D eigenvalue weighted by atomic mass is 9.12. The first-order valence-corrected chi connectivity index (χ1v) is 16.7. The predicted octanol–water partition coefficient (Wildman–Crippen LogP) is 7.52. The molecule has 0 aliphatic rings. The SMILES string of the molecule is CCc1ccccc1C[NH+](CC)CC.Fc1c(F)c(F)c([B-](c2c(F)c(F)c(F)c(F)c2F)(c2c(F)c(F)c(F)c(F)c2F)c2c(F)c(F)c(F)c(F)c2F)c(F)c1F. The Morgan fingerprint density at radius 2 is 0.525 bits per heavy atom. The lowest BCUT2D eigenvalue weighted by Gasteiger charge is -2.44. The Balaban J connectivity index is 0.000000464. The highest BCUT2D eigenvalue weighted by Gasteiger charge is 2.52. The first-order chi connectivity index (χ1) is 27.5. The zero-order valence-electron chi connectivity index (χ0n) is 29.8. The Morgan fingerprint density at radius 1 is 0.322 bits per heavy atom. The molecule has 0 bridgehead atoms. The molecule has 0 unspecified atom stereocenters. The van der Waals surface area contributed by atoms with Crippen LogP contribution in [0.4, 0.5) is 87.8 Å². The summed E-state index contributed by atoms with van der Waals surface area (Å²) in [6.07, 6.45) is -6.07. The molecule has 0 aromatic heterocycles. The highest BCUT2D eigenvalue weighted by atomic mass is 19.2. The fraction of sp³-hybridized carbons (Fsp3) is 0.189. The standard InChI is InChI=1S/C24BF20.C13H21N/c26-5-1(6(27)14(35)21(42)13(5)34)25(2-7(28)15(36)22(43)16(37)8(2)29,3-9(30)17(38)23(44)18(39)10(3)31)4-11(32)19(40)24(45)20(41)12(4)33;1-4-12-9-7-8-10-13(12)11-14(5-2)6-3/h;7-10H,4-6,11H2,1-3H3/q-1;/p+1. The van der Waals surface area contributed by atoms with Crippen LogP contribution in [0.2, 0.25) is 0 Å². The van der Waals surface area contributed by atoms with Gasteiger partial charge in [0, 0.05) is 5.56 Å². The van der Waals surface area contributed by atoms with Crippen molar-refractivity contribution in [2.45, 2.75) is 33.7 Å². The lowest BCUT2D eigenvalue weighted by Crippen LogP contribution is -3.10. The summed E-state index contributed by atoms with van der Waals surface area (Å²) < 4.78 is 294. The number of halogens is 20. The van der Waals surface area contributed by atoms with E-state index in [2.05, 4.69) is 45.0 Å². The highest BCUT2D eigenvalue weighted by molar-refractivity contribution is 7.20. The van der Waals surface area contributed by atoms with Gasteiger partial charge in [-0.15, -0.1) is 21.9 Å². The first kappa shape index (κ1) is 46.4. The van der Waals surface area contributed by atoms with Gasteiger partial charge in [0.25, 0.3) is 0 Å². The van der Waals surface area contributed by atoms with Gasteiger partial charge in [-0.05, 0) is 25.8 Å². The highest BCUT2D eigenvalue weighted by Crippen LogP contribution is 2.30. The monoisotopic (exact) mass is 871 g/mol. The van der Waals surface area contributed by atoms with Gasteiger partial charge in [0.2, 0.25) is 0 Å². The van der Waals surface area contributed by atoms with Crippen LogP contribution in [0, 0.1) is 116 Å². The molecule has 0 fully saturated rings. The van der Waals surface area contributed by atoms with Crippen LogP contribution in [-0.2, 0) is 13.0 Å². The quantitative estimate of drug-likeness (QED) is 0.0678. The smallest absolute Gasteiger partial charge is 0.200 e. The molecule has 5 rings (SSSR count). The Bertz CT molecular complexity index is 2070. The van der Waals surface area contributed by atoms with E-state index in [1.54, 1.807) is 4.90 Å². The maximum Gasteiger partial charge on any atom is 0.200 e. The van der Waals surface area contributed by atoms with Gasteiger partial charge in [-0.2, -0.15) is 0 Å². The summed E-state index contributed by atoms with van der Waals surface area (Å²) >= 11 is 0. The number of hydrogen-bond acceptors (Lipinski definition) is 0. The third kappa shape index (κ3) is 7.36. The van der Waals surface area contributed by atoms with E-state index in [1.165, 1.54) is 30.8 Å². The summed E-state index contributed by atoms with van der Waals surface area (Å²) in [5, 5.41) is 0. The number of hydrogen-bond donors (Lipinski definition) is 1. The lowest BCUT2D eigenvalue weighted by molar-refractivity contribution is -0.910. The average Bonchev–Trinajstić information content (AvgIpc) is 3.22. The number of benzene rings is 5. The van der Waals surface area contributed by atoms with Gasteiger partial charge in [-0.25, -0.2) is 87.8 Å². The second-order valence-electron chi connectivity index (χ2n) is 12.6. The minimum atomic E-state index is -7.22. The molecule has 5 aromatic rings. The molecule has 0 radical (unpaired) electrons. The minimum Gasteiger partial charge on any atom is -0.332 e. The number of rotatable bonds is 9. The normalized spacial score (nSPS) is 11.7. The van der Waals surface area contributed by atoms with Gasteiger partial charge in [0.1, 0.15) is 59.2 Å². The molecular weight excluding hydrogens is 849 g/mol. The molecular formula is C37H22BF20N. The molecule has 0 spiro atoms. The molecule has 22 heteroatoms. The molecule has 0 heterocycles. The molecule has 59 heavy (non-hydrogen) atoms. The van der Waals surface area contributed by atoms with Crippen molar-refractivity contribution in [2.24, 2.45) is 0 Å². The summed E-state index contributed by atoms with van der Waals surface area (Å²) in [5.41, 5.74) is -11.3. The summed E-state index contributed by atoms with van der Waals surface area (Å²) in [6, 6.07) is 8.81. The van der Waals surface area contributed by atoms with Gasteiger partial charge >= 0.3 is 0 Å². The summed E-state index contributed by atoms with van der Waals surface area (Å²) in [6.45, 7) is 10.4. The Morgan fingerprint density at radius 3 is 0.729 bits per heavy atom. The molecule has 0 saturated carbocycles. The third-order valence-corrected chi connectivity index (χ3v) is 9.65. The maximum atomic E-state index is 15.4. The Hall–Kier alpha value is -5.28. The molecule has 318 valence electrons. The van der Waals surface area contributed by atoms with Crippen LogP contribution in [0.25, 0.3) is 0 Å². The Kier molecular flexibility index (Phi) is 13.8. The van der Waals surface area contributed by atoms with Crippen molar-refractivity contribution in [3.8, 4) is 0 Å². The van der Waals surface area contributed by atoms with E-state index >= 15 is 35.1 Å². The van der Waals surface area contributed by atoms with Gasteiger partial charge < -0.3 is 4.90 Å². The average molecular weight is 871 g/mol. The molecule has 1 nitrogen and oxygen atoms in total. The van der Waals surface area contributed by atoms with Crippen LogP contribution in [0.15, 0.2) is 24.3 Å². The zero-order valence-corrected chi connectivity index (χ0v) is 29.8. The van der Waals surface area contributed by atoms with Crippen molar-refractivity contribution >= 4 is 28.0 Å². The van der Waals surface area contributed by atoms with Crippen molar-refractivity contribution in [1.29, 1.82) is 0 Å². The van der Waals surface area contributed by atoms with Crippen molar-refractivity contribution in [2.75, 3.05) is 13.1 Å². The molecule has 0 atom stereocenters. The van der Waals surface area contributed by atoms with Crippen molar-refractivity contribution < 1.29 is 92.7 Å². The zero-order chi connectivity index (χ0) is 44.7. The second kappa shape index (κ2) is 17.5. The van der Waals surface area contributed by atoms with E-state index < -0.39 is 144 Å². The van der Waals surface area contributed by atoms with E-state index in [0.717, 1.165) is 6.42 Å². The maximum absolute atomic E-state index is 15.4. The fourth-order valence-electron chi connectivity index (χ4n) is 6.72. The number of nitrogens with one attached hydrogen (secondary N) is 1. The largest absolute Gasteiger partial charge is 0.332 e. The van der Waals surface area contributed by atoms with E-state index in [-0.39, 0.29) is 0 Å². The number of aryl methyl sites for hydroxylation is 1. The van der Waals surface area contributed by atoms with E-state index in [4.69, 9.17) is 0 Å². The van der Waals surface area contributed by atoms with Crippen LogP contribution in [-0.4, -0.2) is 19.2 Å². The van der Waals surface area contributed by atoms with Crippen molar-refractivity contribution in [3.63, 3.8) is 0 Å². The summed E-state index contributed by atoms with van der Waals surface area (Å²) in [7, 11) is 0. The minimum absolute atomic E-state index is 1.15. The van der Waals surface area contributed by atoms with Gasteiger partial charge in [0.05, 0.1) is 13.1 Å².